The molecule has 2 heterocycles. The molecule has 0 saturated carbocycles. The van der Waals surface area contributed by atoms with E-state index < -0.39 is 0 Å². The minimum Gasteiger partial charge on any atom is -0.346 e. The summed E-state index contributed by atoms with van der Waals surface area (Å²) < 4.78 is 0. The molecule has 0 fully saturated rings. The van der Waals surface area contributed by atoms with E-state index in [1.54, 1.807) is 24.5 Å². The van der Waals surface area contributed by atoms with Crippen molar-refractivity contribution < 1.29 is 9.59 Å². The van der Waals surface area contributed by atoms with Crippen LogP contribution >= 0.6 is 0 Å². The van der Waals surface area contributed by atoms with Gasteiger partial charge in [-0.1, -0.05) is 6.07 Å². The van der Waals surface area contributed by atoms with Crippen molar-refractivity contribution in [1.29, 1.82) is 0 Å². The smallest absolute Gasteiger partial charge is 0.270 e. The third kappa shape index (κ3) is 5.07. The Kier molecular flexibility index (Phi) is 5.12. The summed E-state index contributed by atoms with van der Waals surface area (Å²) in [6.45, 7) is 5.68. The van der Waals surface area contributed by atoms with Crippen LogP contribution in [0.4, 0.5) is 5.69 Å². The molecule has 7 nitrogen and oxygen atoms in total. The van der Waals surface area contributed by atoms with Crippen LogP contribution in [0, 0.1) is 0 Å². The number of carbonyl (C=O) groups excluding carboxylic acids is 2. The zero-order valence-electron chi connectivity index (χ0n) is 15.5. The molecule has 7 heteroatoms. The molecule has 2 amide bonds. The van der Waals surface area contributed by atoms with Crippen LogP contribution in [0.3, 0.4) is 0 Å². The number of amides is 2. The third-order valence-electron chi connectivity index (χ3n) is 3.66. The fourth-order valence-electron chi connectivity index (χ4n) is 2.55. The third-order valence-corrected chi connectivity index (χ3v) is 3.66. The average Bonchev–Trinajstić information content (AvgIpc) is 2.60. The van der Waals surface area contributed by atoms with Gasteiger partial charge in [0.05, 0.1) is 17.5 Å². The number of fused-ring (bicyclic) bond motifs is 1. The minimum absolute atomic E-state index is 0.188. The number of hydrogen-bond donors (Lipinski definition) is 2. The topological polar surface area (TPSA) is 96.9 Å². The molecule has 0 aliphatic carbocycles. The van der Waals surface area contributed by atoms with Crippen molar-refractivity contribution in [3.8, 4) is 0 Å². The lowest BCUT2D eigenvalue weighted by atomic mass is 10.1. The maximum atomic E-state index is 12.4. The molecule has 0 atom stereocenters. The maximum absolute atomic E-state index is 12.4. The summed E-state index contributed by atoms with van der Waals surface area (Å²) in [5.74, 6) is -0.474. The first-order chi connectivity index (χ1) is 12.8. The fraction of sp³-hybridized carbons (Fsp3) is 0.250. The predicted molar refractivity (Wildman–Crippen MR) is 103 cm³/mol. The number of nitrogens with one attached hydrogen (secondary N) is 2. The van der Waals surface area contributed by atoms with Gasteiger partial charge in [-0.2, -0.15) is 0 Å². The highest BCUT2D eigenvalue weighted by molar-refractivity contribution is 5.96. The molecule has 138 valence electrons. The molecule has 3 rings (SSSR count). The Balaban J connectivity index is 1.68. The van der Waals surface area contributed by atoms with Crippen molar-refractivity contribution in [1.82, 2.24) is 20.3 Å². The van der Waals surface area contributed by atoms with Gasteiger partial charge >= 0.3 is 0 Å². The van der Waals surface area contributed by atoms with Crippen LogP contribution in [0.15, 0.2) is 48.9 Å². The number of nitrogens with zero attached hydrogens (tertiary/aromatic N) is 3. The highest BCUT2D eigenvalue weighted by Gasteiger charge is 2.16. The summed E-state index contributed by atoms with van der Waals surface area (Å²) in [5.41, 5.74) is 2.77. The van der Waals surface area contributed by atoms with E-state index in [-0.39, 0.29) is 29.5 Å². The fourth-order valence-corrected chi connectivity index (χ4v) is 2.55. The summed E-state index contributed by atoms with van der Waals surface area (Å²) >= 11 is 0. The Morgan fingerprint density at radius 3 is 2.41 bits per heavy atom. The monoisotopic (exact) mass is 363 g/mol. The van der Waals surface area contributed by atoms with E-state index in [1.165, 1.54) is 6.20 Å². The number of hydrogen-bond acceptors (Lipinski definition) is 5. The molecular weight excluding hydrogens is 342 g/mol. The van der Waals surface area contributed by atoms with Crippen LogP contribution < -0.4 is 10.6 Å². The van der Waals surface area contributed by atoms with Crippen LogP contribution in [-0.4, -0.2) is 32.3 Å². The maximum Gasteiger partial charge on any atom is 0.270 e. The zero-order chi connectivity index (χ0) is 19.4. The first-order valence-electron chi connectivity index (χ1n) is 8.58. The Morgan fingerprint density at radius 2 is 1.67 bits per heavy atom. The average molecular weight is 363 g/mol. The van der Waals surface area contributed by atoms with E-state index >= 15 is 0 Å². The number of aromatic nitrogens is 3. The molecule has 1 aromatic carbocycles. The number of anilines is 1. The van der Waals surface area contributed by atoms with Gasteiger partial charge in [0.1, 0.15) is 5.69 Å². The summed E-state index contributed by atoms with van der Waals surface area (Å²) in [5, 5.41) is 5.65. The molecule has 0 saturated heterocycles. The molecule has 2 N–H and O–H groups in total. The van der Waals surface area contributed by atoms with E-state index in [0.717, 1.165) is 16.6 Å². The SMILES string of the molecule is CC(C)(C)NC(=O)c1cc(NC(=O)Cc2ccc3nccnc3c2)ccn1. The second-order valence-electron chi connectivity index (χ2n) is 7.24. The molecular formula is C20H21N5O2. The first-order valence-corrected chi connectivity index (χ1v) is 8.58. The van der Waals surface area contributed by atoms with Gasteiger partial charge in [-0.3, -0.25) is 24.5 Å². The Labute approximate surface area is 157 Å². The Bertz CT molecular complexity index is 995. The van der Waals surface area contributed by atoms with Gasteiger partial charge in [-0.25, -0.2) is 0 Å². The van der Waals surface area contributed by atoms with Crippen LogP contribution in [0.2, 0.25) is 0 Å². The quantitative estimate of drug-likeness (QED) is 0.743. The summed E-state index contributed by atoms with van der Waals surface area (Å²) in [4.78, 5) is 37.1. The van der Waals surface area contributed by atoms with Gasteiger partial charge in [-0.15, -0.1) is 0 Å². The van der Waals surface area contributed by atoms with E-state index in [0.29, 0.717) is 5.69 Å². The lowest BCUT2D eigenvalue weighted by molar-refractivity contribution is -0.115. The second kappa shape index (κ2) is 7.49. The lowest BCUT2D eigenvalue weighted by Gasteiger charge is -2.20. The molecule has 0 aliphatic heterocycles. The van der Waals surface area contributed by atoms with Crippen molar-refractivity contribution in [3.63, 3.8) is 0 Å². The lowest BCUT2D eigenvalue weighted by Crippen LogP contribution is -2.40. The van der Waals surface area contributed by atoms with E-state index in [9.17, 15) is 9.59 Å². The molecule has 0 radical (unpaired) electrons. The van der Waals surface area contributed by atoms with Crippen molar-refractivity contribution >= 4 is 28.5 Å². The van der Waals surface area contributed by atoms with Crippen LogP contribution in [0.25, 0.3) is 11.0 Å². The summed E-state index contributed by atoms with van der Waals surface area (Å²) in [6.07, 6.45) is 4.94. The molecule has 0 spiro atoms. The number of rotatable bonds is 4. The molecule has 0 bridgehead atoms. The summed E-state index contributed by atoms with van der Waals surface area (Å²) in [7, 11) is 0. The Morgan fingerprint density at radius 1 is 0.926 bits per heavy atom. The van der Waals surface area contributed by atoms with Gasteiger partial charge in [0.2, 0.25) is 5.91 Å². The first kappa shape index (κ1) is 18.4. The van der Waals surface area contributed by atoms with E-state index in [2.05, 4.69) is 25.6 Å². The standard InChI is InChI=1S/C20H21N5O2/c1-20(2,3)25-19(27)17-12-14(6-7-21-17)24-18(26)11-13-4-5-15-16(10-13)23-9-8-22-15/h4-10,12H,11H2,1-3H3,(H,25,27)(H,21,24,26). The number of carbonyl (C=O) groups is 2. The van der Waals surface area contributed by atoms with Gasteiger partial charge in [0.25, 0.3) is 5.91 Å². The van der Waals surface area contributed by atoms with E-state index in [1.807, 2.05) is 39.0 Å². The minimum atomic E-state index is -0.364. The molecule has 2 aromatic heterocycles. The highest BCUT2D eigenvalue weighted by atomic mass is 16.2. The highest BCUT2D eigenvalue weighted by Crippen LogP contribution is 2.14. The van der Waals surface area contributed by atoms with Crippen molar-refractivity contribution in [2.75, 3.05) is 5.32 Å². The largest absolute Gasteiger partial charge is 0.346 e. The van der Waals surface area contributed by atoms with Crippen molar-refractivity contribution in [2.45, 2.75) is 32.7 Å². The molecule has 27 heavy (non-hydrogen) atoms. The van der Waals surface area contributed by atoms with Crippen LogP contribution in [0.5, 0.6) is 0 Å². The predicted octanol–water partition coefficient (Wildman–Crippen LogP) is 2.73. The molecule has 0 unspecified atom stereocenters. The van der Waals surface area contributed by atoms with Crippen LogP contribution in [0.1, 0.15) is 36.8 Å². The number of benzene rings is 1. The van der Waals surface area contributed by atoms with E-state index in [4.69, 9.17) is 0 Å². The zero-order valence-corrected chi connectivity index (χ0v) is 15.5. The van der Waals surface area contributed by atoms with Crippen molar-refractivity contribution in [3.05, 3.63) is 60.2 Å². The van der Waals surface area contributed by atoms with Gasteiger partial charge < -0.3 is 10.6 Å². The van der Waals surface area contributed by atoms with Crippen molar-refractivity contribution in [2.24, 2.45) is 0 Å². The van der Waals surface area contributed by atoms with Gasteiger partial charge in [-0.05, 0) is 50.6 Å². The summed E-state index contributed by atoms with van der Waals surface area (Å²) in [6, 6.07) is 8.75. The number of pyridine rings is 1. The normalized spacial score (nSPS) is 11.2. The van der Waals surface area contributed by atoms with Gasteiger partial charge in [0.15, 0.2) is 0 Å². The van der Waals surface area contributed by atoms with Crippen LogP contribution in [-0.2, 0) is 11.2 Å². The second-order valence-corrected chi connectivity index (χ2v) is 7.24. The molecule has 0 aliphatic rings. The Hall–Kier alpha value is -3.35. The van der Waals surface area contributed by atoms with Gasteiger partial charge in [0, 0.05) is 29.8 Å². The molecule has 3 aromatic rings.